The summed E-state index contributed by atoms with van der Waals surface area (Å²) in [6.45, 7) is 8.53. The Labute approximate surface area is 156 Å². The number of fused-ring (bicyclic) bond motifs is 1. The van der Waals surface area contributed by atoms with Crippen molar-refractivity contribution in [1.82, 2.24) is 15.8 Å². The fourth-order valence-electron chi connectivity index (χ4n) is 3.46. The second-order valence-corrected chi connectivity index (χ2v) is 7.24. The quantitative estimate of drug-likeness (QED) is 0.608. The van der Waals surface area contributed by atoms with Gasteiger partial charge in [0.25, 0.3) is 0 Å². The SMILES string of the molecule is CCNC(=NCc1cc(C(C)C)no1)NCC1CCCc2ccccc21. The van der Waals surface area contributed by atoms with Gasteiger partial charge < -0.3 is 15.2 Å². The van der Waals surface area contributed by atoms with Crippen LogP contribution in [0.2, 0.25) is 0 Å². The van der Waals surface area contributed by atoms with E-state index in [1.165, 1.54) is 30.4 Å². The van der Waals surface area contributed by atoms with Crippen LogP contribution in [0.25, 0.3) is 0 Å². The van der Waals surface area contributed by atoms with E-state index in [0.29, 0.717) is 18.4 Å². The summed E-state index contributed by atoms with van der Waals surface area (Å²) in [6.07, 6.45) is 3.68. The van der Waals surface area contributed by atoms with Crippen LogP contribution in [0.5, 0.6) is 0 Å². The summed E-state index contributed by atoms with van der Waals surface area (Å²) in [7, 11) is 0. The predicted octanol–water partition coefficient (Wildman–Crippen LogP) is 3.97. The molecule has 0 saturated heterocycles. The number of benzene rings is 1. The van der Waals surface area contributed by atoms with E-state index in [1.807, 2.05) is 6.07 Å². The normalized spacial score (nSPS) is 17.2. The van der Waals surface area contributed by atoms with Gasteiger partial charge in [0.15, 0.2) is 11.7 Å². The minimum atomic E-state index is 0.370. The Bertz CT molecular complexity index is 735. The summed E-state index contributed by atoms with van der Waals surface area (Å²) >= 11 is 0. The van der Waals surface area contributed by atoms with Crippen molar-refractivity contribution in [3.05, 3.63) is 52.9 Å². The summed E-state index contributed by atoms with van der Waals surface area (Å²) in [6, 6.07) is 10.8. The van der Waals surface area contributed by atoms with Crippen molar-refractivity contribution >= 4 is 5.96 Å². The summed E-state index contributed by atoms with van der Waals surface area (Å²) in [5, 5.41) is 10.9. The maximum atomic E-state index is 5.38. The number of rotatable bonds is 6. The van der Waals surface area contributed by atoms with Crippen molar-refractivity contribution in [3.8, 4) is 0 Å². The maximum Gasteiger partial charge on any atom is 0.191 e. The number of aromatic nitrogens is 1. The van der Waals surface area contributed by atoms with E-state index in [-0.39, 0.29) is 0 Å². The van der Waals surface area contributed by atoms with Crippen LogP contribution in [0.3, 0.4) is 0 Å². The molecule has 1 aromatic carbocycles. The molecule has 26 heavy (non-hydrogen) atoms. The van der Waals surface area contributed by atoms with Crippen LogP contribution in [0, 0.1) is 0 Å². The summed E-state index contributed by atoms with van der Waals surface area (Å²) < 4.78 is 5.38. The molecular weight excluding hydrogens is 324 g/mol. The molecule has 1 aromatic heterocycles. The van der Waals surface area contributed by atoms with Crippen molar-refractivity contribution in [2.45, 2.75) is 58.4 Å². The van der Waals surface area contributed by atoms with Gasteiger partial charge in [-0.2, -0.15) is 0 Å². The smallest absolute Gasteiger partial charge is 0.191 e. The zero-order chi connectivity index (χ0) is 18.4. The highest BCUT2D eigenvalue weighted by atomic mass is 16.5. The molecular formula is C21H30N4O. The Morgan fingerprint density at radius 2 is 2.15 bits per heavy atom. The molecule has 3 rings (SSSR count). The molecule has 5 nitrogen and oxygen atoms in total. The van der Waals surface area contributed by atoms with Crippen LogP contribution in [-0.4, -0.2) is 24.2 Å². The fraction of sp³-hybridized carbons (Fsp3) is 0.524. The van der Waals surface area contributed by atoms with E-state index in [0.717, 1.165) is 30.5 Å². The number of nitrogens with one attached hydrogen (secondary N) is 2. The van der Waals surface area contributed by atoms with Crippen LogP contribution >= 0.6 is 0 Å². The molecule has 1 atom stereocenters. The summed E-state index contributed by atoms with van der Waals surface area (Å²) in [4.78, 5) is 4.66. The van der Waals surface area contributed by atoms with Gasteiger partial charge >= 0.3 is 0 Å². The Hall–Kier alpha value is -2.30. The minimum Gasteiger partial charge on any atom is -0.359 e. The van der Waals surface area contributed by atoms with Gasteiger partial charge in [-0.15, -0.1) is 0 Å². The van der Waals surface area contributed by atoms with E-state index < -0.39 is 0 Å². The van der Waals surface area contributed by atoms with Crippen LogP contribution in [0.4, 0.5) is 0 Å². The monoisotopic (exact) mass is 354 g/mol. The zero-order valence-electron chi connectivity index (χ0n) is 16.1. The third-order valence-corrected chi connectivity index (χ3v) is 4.92. The van der Waals surface area contributed by atoms with E-state index >= 15 is 0 Å². The number of hydrogen-bond acceptors (Lipinski definition) is 3. The first-order valence-corrected chi connectivity index (χ1v) is 9.72. The maximum absolute atomic E-state index is 5.38. The van der Waals surface area contributed by atoms with Gasteiger partial charge in [-0.05, 0) is 43.2 Å². The second kappa shape index (κ2) is 8.88. The van der Waals surface area contributed by atoms with Crippen LogP contribution in [0.15, 0.2) is 39.8 Å². The number of guanidine groups is 1. The van der Waals surface area contributed by atoms with Gasteiger partial charge in [0.2, 0.25) is 0 Å². The molecule has 1 aliphatic carbocycles. The topological polar surface area (TPSA) is 62.5 Å². The lowest BCUT2D eigenvalue weighted by atomic mass is 9.83. The first-order chi connectivity index (χ1) is 12.7. The highest BCUT2D eigenvalue weighted by Gasteiger charge is 2.19. The fourth-order valence-corrected chi connectivity index (χ4v) is 3.46. The average Bonchev–Trinajstić information content (AvgIpc) is 3.13. The minimum absolute atomic E-state index is 0.370. The van der Waals surface area contributed by atoms with Crippen molar-refractivity contribution in [3.63, 3.8) is 0 Å². The summed E-state index contributed by atoms with van der Waals surface area (Å²) in [5.41, 5.74) is 3.96. The van der Waals surface area contributed by atoms with Gasteiger partial charge in [-0.3, -0.25) is 0 Å². The van der Waals surface area contributed by atoms with Crippen molar-refractivity contribution < 1.29 is 4.52 Å². The first kappa shape index (κ1) is 18.5. The van der Waals surface area contributed by atoms with Crippen molar-refractivity contribution in [1.29, 1.82) is 0 Å². The van der Waals surface area contributed by atoms with E-state index in [4.69, 9.17) is 4.52 Å². The van der Waals surface area contributed by atoms with E-state index in [1.54, 1.807) is 0 Å². The predicted molar refractivity (Wildman–Crippen MR) is 106 cm³/mol. The van der Waals surface area contributed by atoms with Crippen LogP contribution < -0.4 is 10.6 Å². The molecule has 1 heterocycles. The Balaban J connectivity index is 1.61. The summed E-state index contributed by atoms with van der Waals surface area (Å²) in [5.74, 6) is 2.54. The molecule has 0 spiro atoms. The van der Waals surface area contributed by atoms with Crippen molar-refractivity contribution in [2.24, 2.45) is 4.99 Å². The van der Waals surface area contributed by atoms with Gasteiger partial charge in [-0.25, -0.2) is 4.99 Å². The molecule has 0 amide bonds. The molecule has 2 N–H and O–H groups in total. The standard InChI is InChI=1S/C21H30N4O/c1-4-22-21(24-14-18-12-20(15(2)3)25-26-18)23-13-17-10-7-9-16-8-5-6-11-19(16)17/h5-6,8,11-12,15,17H,4,7,9-10,13-14H2,1-3H3,(H2,22,23,24). The molecule has 140 valence electrons. The number of hydrogen-bond donors (Lipinski definition) is 2. The van der Waals surface area contributed by atoms with Crippen molar-refractivity contribution in [2.75, 3.05) is 13.1 Å². The van der Waals surface area contributed by atoms with E-state index in [2.05, 4.69) is 65.8 Å². The van der Waals surface area contributed by atoms with Crippen LogP contribution in [0.1, 0.15) is 68.0 Å². The molecule has 0 bridgehead atoms. The molecule has 0 radical (unpaired) electrons. The van der Waals surface area contributed by atoms with Crippen LogP contribution in [-0.2, 0) is 13.0 Å². The van der Waals surface area contributed by atoms with Gasteiger partial charge in [-0.1, -0.05) is 43.3 Å². The number of aryl methyl sites for hydroxylation is 1. The Kier molecular flexibility index (Phi) is 6.31. The lowest BCUT2D eigenvalue weighted by Crippen LogP contribution is -2.39. The molecule has 5 heteroatoms. The van der Waals surface area contributed by atoms with E-state index in [9.17, 15) is 0 Å². The number of aliphatic imine (C=N–C) groups is 1. The Morgan fingerprint density at radius 3 is 2.92 bits per heavy atom. The van der Waals surface area contributed by atoms with Gasteiger partial charge in [0.1, 0.15) is 6.54 Å². The molecule has 1 aliphatic rings. The third-order valence-electron chi connectivity index (χ3n) is 4.92. The molecule has 0 saturated carbocycles. The average molecular weight is 354 g/mol. The number of nitrogens with zero attached hydrogens (tertiary/aromatic N) is 2. The van der Waals surface area contributed by atoms with Gasteiger partial charge in [0, 0.05) is 25.1 Å². The third kappa shape index (κ3) is 4.65. The van der Waals surface area contributed by atoms with Gasteiger partial charge in [0.05, 0.1) is 5.69 Å². The molecule has 1 unspecified atom stereocenters. The molecule has 0 fully saturated rings. The Morgan fingerprint density at radius 1 is 1.31 bits per heavy atom. The molecule has 2 aromatic rings. The lowest BCUT2D eigenvalue weighted by Gasteiger charge is -2.26. The largest absolute Gasteiger partial charge is 0.359 e. The lowest BCUT2D eigenvalue weighted by molar-refractivity contribution is 0.376. The highest BCUT2D eigenvalue weighted by Crippen LogP contribution is 2.30. The zero-order valence-corrected chi connectivity index (χ0v) is 16.1. The highest BCUT2D eigenvalue weighted by molar-refractivity contribution is 5.79. The first-order valence-electron chi connectivity index (χ1n) is 9.72. The second-order valence-electron chi connectivity index (χ2n) is 7.24. The molecule has 0 aliphatic heterocycles.